The summed E-state index contributed by atoms with van der Waals surface area (Å²) in [6.07, 6.45) is 8.63. The van der Waals surface area contributed by atoms with E-state index in [9.17, 15) is 0 Å². The van der Waals surface area contributed by atoms with Gasteiger partial charge in [0.05, 0.1) is 6.20 Å². The molecule has 1 aromatic rings. The van der Waals surface area contributed by atoms with E-state index in [-0.39, 0.29) is 12.1 Å². The van der Waals surface area contributed by atoms with Gasteiger partial charge in [-0.15, -0.1) is 0 Å². The Bertz CT molecular complexity index is 309. The lowest BCUT2D eigenvalue weighted by molar-refractivity contribution is 0.0358. The molecule has 0 amide bonds. The molecule has 0 spiro atoms. The first-order chi connectivity index (χ1) is 8.15. The minimum Gasteiger partial charge on any atom is -0.372 e. The van der Waals surface area contributed by atoms with Crippen LogP contribution in [0.15, 0.2) is 12.4 Å². The van der Waals surface area contributed by atoms with Gasteiger partial charge in [-0.1, -0.05) is 26.2 Å². The van der Waals surface area contributed by atoms with Crippen LogP contribution in [-0.2, 0) is 11.8 Å². The molecule has 0 fully saturated rings. The molecule has 1 heterocycles. The highest BCUT2D eigenvalue weighted by molar-refractivity contribution is 5.10. The Morgan fingerprint density at radius 3 is 2.71 bits per heavy atom. The largest absolute Gasteiger partial charge is 0.372 e. The van der Waals surface area contributed by atoms with Crippen LogP contribution in [0.3, 0.4) is 0 Å². The molecule has 2 unspecified atom stereocenters. The lowest BCUT2D eigenvalue weighted by Crippen LogP contribution is -2.27. The maximum absolute atomic E-state index is 5.96. The summed E-state index contributed by atoms with van der Waals surface area (Å²) in [7, 11) is 1.91. The summed E-state index contributed by atoms with van der Waals surface area (Å²) in [5.41, 5.74) is 7.02. The minimum absolute atomic E-state index is 0.00891. The van der Waals surface area contributed by atoms with Crippen molar-refractivity contribution in [2.75, 3.05) is 6.61 Å². The molecule has 98 valence electrons. The van der Waals surface area contributed by atoms with Crippen LogP contribution in [0.2, 0.25) is 0 Å². The summed E-state index contributed by atoms with van der Waals surface area (Å²) < 4.78 is 7.65. The molecule has 17 heavy (non-hydrogen) atoms. The van der Waals surface area contributed by atoms with E-state index in [2.05, 4.69) is 12.0 Å². The smallest absolute Gasteiger partial charge is 0.100 e. The lowest BCUT2D eigenvalue weighted by Gasteiger charge is -2.20. The van der Waals surface area contributed by atoms with Crippen molar-refractivity contribution < 1.29 is 4.74 Å². The summed E-state index contributed by atoms with van der Waals surface area (Å²) in [6, 6.07) is -0.00891. The Kier molecular flexibility index (Phi) is 6.22. The van der Waals surface area contributed by atoms with Gasteiger partial charge in [-0.05, 0) is 13.3 Å². The predicted molar refractivity (Wildman–Crippen MR) is 69.7 cm³/mol. The van der Waals surface area contributed by atoms with Crippen LogP contribution < -0.4 is 5.73 Å². The number of ether oxygens (including phenoxy) is 1. The maximum atomic E-state index is 5.96. The number of nitrogens with zero attached hydrogens (tertiary/aromatic N) is 2. The number of unbranched alkanes of at least 4 members (excludes halogenated alkanes) is 3. The molecule has 1 aromatic heterocycles. The molecule has 0 saturated heterocycles. The number of hydrogen-bond donors (Lipinski definition) is 1. The zero-order valence-electron chi connectivity index (χ0n) is 11.2. The fourth-order valence-electron chi connectivity index (χ4n) is 1.88. The van der Waals surface area contributed by atoms with Crippen molar-refractivity contribution in [2.45, 2.75) is 51.7 Å². The molecule has 0 radical (unpaired) electrons. The van der Waals surface area contributed by atoms with E-state index in [1.165, 1.54) is 19.3 Å². The maximum Gasteiger partial charge on any atom is 0.100 e. The van der Waals surface area contributed by atoms with Gasteiger partial charge in [0.15, 0.2) is 0 Å². The second-order valence-electron chi connectivity index (χ2n) is 4.66. The highest BCUT2D eigenvalue weighted by atomic mass is 16.5. The average molecular weight is 239 g/mol. The SMILES string of the molecule is CCCCCCOC(c1cnn(C)c1)C(C)N. The van der Waals surface area contributed by atoms with Crippen LogP contribution in [0.4, 0.5) is 0 Å². The van der Waals surface area contributed by atoms with Crippen molar-refractivity contribution in [3.05, 3.63) is 18.0 Å². The van der Waals surface area contributed by atoms with Crippen LogP contribution in [0.25, 0.3) is 0 Å². The fourth-order valence-corrected chi connectivity index (χ4v) is 1.88. The van der Waals surface area contributed by atoms with E-state index >= 15 is 0 Å². The minimum atomic E-state index is -0.0367. The van der Waals surface area contributed by atoms with E-state index in [0.717, 1.165) is 18.6 Å². The number of nitrogens with two attached hydrogens (primary N) is 1. The van der Waals surface area contributed by atoms with Crippen LogP contribution >= 0.6 is 0 Å². The van der Waals surface area contributed by atoms with Crippen LogP contribution in [0.5, 0.6) is 0 Å². The fraction of sp³-hybridized carbons (Fsp3) is 0.769. The van der Waals surface area contributed by atoms with E-state index in [1.807, 2.05) is 26.4 Å². The summed E-state index contributed by atoms with van der Waals surface area (Å²) >= 11 is 0. The van der Waals surface area contributed by atoms with Gasteiger partial charge < -0.3 is 10.5 Å². The predicted octanol–water partition coefficient (Wildman–Crippen LogP) is 2.41. The van der Waals surface area contributed by atoms with Gasteiger partial charge in [-0.3, -0.25) is 4.68 Å². The van der Waals surface area contributed by atoms with Crippen molar-refractivity contribution >= 4 is 0 Å². The summed E-state index contributed by atoms with van der Waals surface area (Å²) in [6.45, 7) is 4.96. The molecule has 4 heteroatoms. The third-order valence-corrected chi connectivity index (χ3v) is 2.83. The number of rotatable bonds is 8. The molecule has 0 saturated carbocycles. The van der Waals surface area contributed by atoms with Crippen molar-refractivity contribution in [3.63, 3.8) is 0 Å². The Labute approximate surface area is 104 Å². The summed E-state index contributed by atoms with van der Waals surface area (Å²) in [5, 5.41) is 4.16. The van der Waals surface area contributed by atoms with Gasteiger partial charge in [0, 0.05) is 31.5 Å². The molecular weight excluding hydrogens is 214 g/mol. The zero-order chi connectivity index (χ0) is 12.7. The Hall–Kier alpha value is -0.870. The van der Waals surface area contributed by atoms with Gasteiger partial charge in [0.2, 0.25) is 0 Å². The zero-order valence-corrected chi connectivity index (χ0v) is 11.2. The molecule has 0 aromatic carbocycles. The number of aromatic nitrogens is 2. The quantitative estimate of drug-likeness (QED) is 0.709. The van der Waals surface area contributed by atoms with Crippen molar-refractivity contribution in [2.24, 2.45) is 12.8 Å². The van der Waals surface area contributed by atoms with E-state index in [1.54, 1.807) is 4.68 Å². The first kappa shape index (κ1) is 14.2. The molecule has 2 atom stereocenters. The number of hydrogen-bond acceptors (Lipinski definition) is 3. The van der Waals surface area contributed by atoms with E-state index < -0.39 is 0 Å². The van der Waals surface area contributed by atoms with Gasteiger partial charge in [-0.25, -0.2) is 0 Å². The summed E-state index contributed by atoms with van der Waals surface area (Å²) in [4.78, 5) is 0. The molecule has 0 aliphatic carbocycles. The molecule has 2 N–H and O–H groups in total. The molecule has 1 rings (SSSR count). The second-order valence-corrected chi connectivity index (χ2v) is 4.66. The van der Waals surface area contributed by atoms with Crippen LogP contribution in [0.1, 0.15) is 51.2 Å². The normalized spacial score (nSPS) is 14.8. The van der Waals surface area contributed by atoms with Gasteiger partial charge >= 0.3 is 0 Å². The van der Waals surface area contributed by atoms with Gasteiger partial charge in [-0.2, -0.15) is 5.10 Å². The van der Waals surface area contributed by atoms with Gasteiger partial charge in [0.25, 0.3) is 0 Å². The first-order valence-corrected chi connectivity index (χ1v) is 6.51. The standard InChI is InChI=1S/C13H25N3O/c1-4-5-6-7-8-17-13(11(2)14)12-9-15-16(3)10-12/h9-11,13H,4-8,14H2,1-3H3. The molecule has 0 aliphatic rings. The first-order valence-electron chi connectivity index (χ1n) is 6.51. The van der Waals surface area contributed by atoms with Crippen molar-refractivity contribution in [1.29, 1.82) is 0 Å². The van der Waals surface area contributed by atoms with Crippen LogP contribution in [0, 0.1) is 0 Å². The van der Waals surface area contributed by atoms with E-state index in [0.29, 0.717) is 0 Å². The number of aryl methyl sites for hydroxylation is 1. The van der Waals surface area contributed by atoms with Crippen molar-refractivity contribution in [3.8, 4) is 0 Å². The van der Waals surface area contributed by atoms with Crippen LogP contribution in [-0.4, -0.2) is 22.4 Å². The molecule has 0 aliphatic heterocycles. The lowest BCUT2D eigenvalue weighted by atomic mass is 10.1. The third-order valence-electron chi connectivity index (χ3n) is 2.83. The van der Waals surface area contributed by atoms with Crippen molar-refractivity contribution in [1.82, 2.24) is 9.78 Å². The Morgan fingerprint density at radius 2 is 2.18 bits per heavy atom. The molecular formula is C13H25N3O. The highest BCUT2D eigenvalue weighted by Crippen LogP contribution is 2.20. The summed E-state index contributed by atoms with van der Waals surface area (Å²) in [5.74, 6) is 0. The topological polar surface area (TPSA) is 53.1 Å². The monoisotopic (exact) mass is 239 g/mol. The van der Waals surface area contributed by atoms with E-state index in [4.69, 9.17) is 10.5 Å². The third kappa shape index (κ3) is 4.88. The highest BCUT2D eigenvalue weighted by Gasteiger charge is 2.18. The second kappa shape index (κ2) is 7.45. The Morgan fingerprint density at radius 1 is 1.41 bits per heavy atom. The van der Waals surface area contributed by atoms with Gasteiger partial charge in [0.1, 0.15) is 6.10 Å². The Balaban J connectivity index is 2.39. The molecule has 4 nitrogen and oxygen atoms in total. The molecule has 0 bridgehead atoms. The average Bonchev–Trinajstić information content (AvgIpc) is 2.69.